The Morgan fingerprint density at radius 2 is 1.74 bits per heavy atom. The van der Waals surface area contributed by atoms with Gasteiger partial charge in [-0.05, 0) is 24.6 Å². The summed E-state index contributed by atoms with van der Waals surface area (Å²) in [6.45, 7) is 1.34. The first kappa shape index (κ1) is 18.1. The van der Waals surface area contributed by atoms with E-state index in [1.165, 1.54) is 6.92 Å². The summed E-state index contributed by atoms with van der Waals surface area (Å²) >= 11 is 0. The van der Waals surface area contributed by atoms with Gasteiger partial charge in [-0.25, -0.2) is 9.59 Å². The van der Waals surface area contributed by atoms with Gasteiger partial charge >= 0.3 is 41.5 Å². The first-order chi connectivity index (χ1) is 8.18. The van der Waals surface area contributed by atoms with Gasteiger partial charge in [-0.1, -0.05) is 0 Å². The van der Waals surface area contributed by atoms with Crippen LogP contribution in [-0.4, -0.2) is 37.1 Å². The Kier molecular flexibility index (Phi) is 6.17. The largest absolute Gasteiger partial charge is 1.00 e. The molecule has 0 aliphatic carbocycles. The number of ether oxygens (including phenoxy) is 1. The molecule has 19 heavy (non-hydrogen) atoms. The summed E-state index contributed by atoms with van der Waals surface area (Å²) in [4.78, 5) is 21.7. The quantitative estimate of drug-likeness (QED) is 0.371. The average Bonchev–Trinajstić information content (AvgIpc) is 2.26. The van der Waals surface area contributed by atoms with Crippen molar-refractivity contribution in [3.05, 3.63) is 28.8 Å². The maximum Gasteiger partial charge on any atom is 1.00 e. The van der Waals surface area contributed by atoms with Crippen LogP contribution in [0.1, 0.15) is 27.7 Å². The zero-order valence-corrected chi connectivity index (χ0v) is 13.3. The molecule has 2 N–H and O–H groups in total. The van der Waals surface area contributed by atoms with Crippen molar-refractivity contribution < 1.29 is 63.4 Å². The Balaban J connectivity index is 0. The number of hydrogen-bond donors (Lipinski definition) is 2. The Bertz CT molecular complexity index is 627. The zero-order valence-electron chi connectivity index (χ0n) is 11.5. The summed E-state index contributed by atoms with van der Waals surface area (Å²) in [7, 11) is -3.54. The molecule has 1 aromatic rings. The Labute approximate surface area is 133 Å². The smallest absolute Gasteiger partial charge is 1.00 e. The molecule has 0 spiro atoms. The van der Waals surface area contributed by atoms with E-state index in [0.717, 1.165) is 19.2 Å². The van der Waals surface area contributed by atoms with Crippen LogP contribution in [0.5, 0.6) is 0 Å². The molecule has 0 fully saturated rings. The number of benzene rings is 1. The predicted octanol–water partition coefficient (Wildman–Crippen LogP) is -2.16. The summed E-state index contributed by atoms with van der Waals surface area (Å²) in [5, 5.41) is 8.91. The van der Waals surface area contributed by atoms with Gasteiger partial charge in [-0.15, -0.1) is 0 Å². The number of hydrogen-bond acceptors (Lipinski definition) is 5. The SMILES string of the molecule is COC(=O)c1cc(S(=O)(=O)O)cc(C(=O)O)c1C.[H-].[Na+]. The number of carbonyl (C=O) groups is 2. The minimum atomic E-state index is -4.61. The fourth-order valence-electron chi connectivity index (χ4n) is 1.38. The number of carbonyl (C=O) groups excluding carboxylic acids is 1. The molecule has 100 valence electrons. The molecule has 9 heteroatoms. The monoisotopic (exact) mass is 298 g/mol. The maximum absolute atomic E-state index is 11.4. The normalized spacial score (nSPS) is 10.5. The molecule has 0 bridgehead atoms. The van der Waals surface area contributed by atoms with Crippen molar-refractivity contribution in [1.29, 1.82) is 0 Å². The van der Waals surface area contributed by atoms with Gasteiger partial charge < -0.3 is 11.3 Å². The zero-order chi connectivity index (χ0) is 14.1. The number of carboxylic acids is 1. The topological polar surface area (TPSA) is 118 Å². The summed E-state index contributed by atoms with van der Waals surface area (Å²) in [5.41, 5.74) is -0.572. The number of aromatic carboxylic acids is 1. The number of carboxylic acid groups (broad SMARTS) is 1. The summed E-state index contributed by atoms with van der Waals surface area (Å²) in [6.07, 6.45) is 0. The van der Waals surface area contributed by atoms with Crippen molar-refractivity contribution in [3.63, 3.8) is 0 Å². The molecule has 0 heterocycles. The summed E-state index contributed by atoms with van der Waals surface area (Å²) in [5.74, 6) is -2.30. The molecule has 0 saturated heterocycles. The van der Waals surface area contributed by atoms with Crippen molar-refractivity contribution in [1.82, 2.24) is 0 Å². The molecular weight excluding hydrogens is 287 g/mol. The molecule has 0 unspecified atom stereocenters. The van der Waals surface area contributed by atoms with Crippen LogP contribution < -0.4 is 29.6 Å². The van der Waals surface area contributed by atoms with Crippen LogP contribution in [0.15, 0.2) is 17.0 Å². The average molecular weight is 298 g/mol. The molecule has 0 atom stereocenters. The van der Waals surface area contributed by atoms with Gasteiger partial charge in [-0.3, -0.25) is 4.55 Å². The second-order valence-electron chi connectivity index (χ2n) is 3.42. The van der Waals surface area contributed by atoms with E-state index in [0.29, 0.717) is 0 Å². The molecule has 0 aliphatic rings. The second-order valence-corrected chi connectivity index (χ2v) is 4.84. The van der Waals surface area contributed by atoms with E-state index in [9.17, 15) is 18.0 Å². The van der Waals surface area contributed by atoms with E-state index in [2.05, 4.69) is 4.74 Å². The van der Waals surface area contributed by atoms with Gasteiger partial charge in [0, 0.05) is 0 Å². The fraction of sp³-hybridized carbons (Fsp3) is 0.200. The third kappa shape index (κ3) is 4.02. The molecule has 7 nitrogen and oxygen atoms in total. The summed E-state index contributed by atoms with van der Waals surface area (Å²) in [6, 6.07) is 1.64. The van der Waals surface area contributed by atoms with Crippen LogP contribution >= 0.6 is 0 Å². The molecule has 0 saturated carbocycles. The van der Waals surface area contributed by atoms with Crippen LogP contribution in [0.4, 0.5) is 0 Å². The Morgan fingerprint density at radius 1 is 1.26 bits per heavy atom. The van der Waals surface area contributed by atoms with Crippen LogP contribution in [-0.2, 0) is 14.9 Å². The maximum atomic E-state index is 11.4. The first-order valence-corrected chi connectivity index (χ1v) is 6.06. The van der Waals surface area contributed by atoms with Crippen LogP contribution in [0.2, 0.25) is 0 Å². The second kappa shape index (κ2) is 6.49. The van der Waals surface area contributed by atoms with Gasteiger partial charge in [0.2, 0.25) is 0 Å². The number of rotatable bonds is 3. The van der Waals surface area contributed by atoms with E-state index in [1.807, 2.05) is 0 Å². The minimum absolute atomic E-state index is 0. The van der Waals surface area contributed by atoms with Crippen molar-refractivity contribution in [2.24, 2.45) is 0 Å². The van der Waals surface area contributed by atoms with Crippen LogP contribution in [0, 0.1) is 6.92 Å². The van der Waals surface area contributed by atoms with Crippen molar-refractivity contribution >= 4 is 22.1 Å². The predicted molar refractivity (Wildman–Crippen MR) is 60.4 cm³/mol. The van der Waals surface area contributed by atoms with Crippen molar-refractivity contribution in [2.75, 3.05) is 7.11 Å². The van der Waals surface area contributed by atoms with Crippen molar-refractivity contribution in [2.45, 2.75) is 11.8 Å². The first-order valence-electron chi connectivity index (χ1n) is 4.62. The Morgan fingerprint density at radius 3 is 2.11 bits per heavy atom. The third-order valence-electron chi connectivity index (χ3n) is 2.31. The van der Waals surface area contributed by atoms with E-state index < -0.39 is 32.5 Å². The van der Waals surface area contributed by atoms with Crippen molar-refractivity contribution in [3.8, 4) is 0 Å². The molecule has 1 aromatic carbocycles. The van der Waals surface area contributed by atoms with E-state index in [4.69, 9.17) is 9.66 Å². The van der Waals surface area contributed by atoms with Crippen LogP contribution in [0.25, 0.3) is 0 Å². The van der Waals surface area contributed by atoms with Gasteiger partial charge in [0.25, 0.3) is 10.1 Å². The summed E-state index contributed by atoms with van der Waals surface area (Å²) < 4.78 is 35.3. The molecular formula is C10H11NaO7S. The molecule has 0 aromatic heterocycles. The fourth-order valence-corrected chi connectivity index (χ4v) is 1.91. The van der Waals surface area contributed by atoms with E-state index in [1.54, 1.807) is 0 Å². The molecule has 1 rings (SSSR count). The van der Waals surface area contributed by atoms with E-state index in [-0.39, 0.29) is 42.1 Å². The molecule has 0 amide bonds. The molecule has 0 aliphatic heterocycles. The van der Waals surface area contributed by atoms with Crippen LogP contribution in [0.3, 0.4) is 0 Å². The van der Waals surface area contributed by atoms with Gasteiger partial charge in [0.05, 0.1) is 23.1 Å². The number of methoxy groups -OCH3 is 1. The van der Waals surface area contributed by atoms with Gasteiger partial charge in [0.15, 0.2) is 0 Å². The van der Waals surface area contributed by atoms with Gasteiger partial charge in [0.1, 0.15) is 0 Å². The number of esters is 1. The van der Waals surface area contributed by atoms with Gasteiger partial charge in [-0.2, -0.15) is 8.42 Å². The molecule has 0 radical (unpaired) electrons. The third-order valence-corrected chi connectivity index (χ3v) is 3.15. The Hall–Kier alpha value is -0.930. The van der Waals surface area contributed by atoms with E-state index >= 15 is 0 Å². The minimum Gasteiger partial charge on any atom is -1.00 e. The standard InChI is InChI=1S/C10H10O7S.Na.H/c1-5-7(9(11)12)3-6(18(14,15)16)4-8(5)10(13)17-2;;/h3-4H,1-2H3,(H,11,12)(H,14,15,16);;/q;+1;-1.